The van der Waals surface area contributed by atoms with E-state index < -0.39 is 0 Å². The molecule has 0 spiro atoms. The largest absolute Gasteiger partial charge is 0.398 e. The zero-order chi connectivity index (χ0) is 14.8. The predicted molar refractivity (Wildman–Crippen MR) is 85.8 cm³/mol. The Hall–Kier alpha value is -2.14. The predicted octanol–water partition coefficient (Wildman–Crippen LogP) is 3.98. The van der Waals surface area contributed by atoms with Gasteiger partial charge in [-0.25, -0.2) is 0 Å². The molecular formula is C16H14BrN3O. The lowest BCUT2D eigenvalue weighted by Crippen LogP contribution is -1.95. The van der Waals surface area contributed by atoms with Gasteiger partial charge in [-0.3, -0.25) is 0 Å². The van der Waals surface area contributed by atoms with Crippen LogP contribution in [0.5, 0.6) is 0 Å². The van der Waals surface area contributed by atoms with Gasteiger partial charge in [0.25, 0.3) is 0 Å². The summed E-state index contributed by atoms with van der Waals surface area (Å²) in [6.45, 7) is 2.04. The normalized spacial score (nSPS) is 10.8. The summed E-state index contributed by atoms with van der Waals surface area (Å²) in [5.74, 6) is 1.14. The molecule has 5 heteroatoms. The maximum absolute atomic E-state index is 5.93. The maximum atomic E-state index is 5.93. The first-order chi connectivity index (χ1) is 10.1. The molecule has 0 radical (unpaired) electrons. The van der Waals surface area contributed by atoms with Gasteiger partial charge in [0, 0.05) is 15.7 Å². The number of hydrogen-bond acceptors (Lipinski definition) is 4. The summed E-state index contributed by atoms with van der Waals surface area (Å²) in [7, 11) is 0. The third-order valence-electron chi connectivity index (χ3n) is 3.29. The fraction of sp³-hybridized carbons (Fsp3) is 0.125. The Balaban J connectivity index is 1.86. The number of nitrogen functional groups attached to an aromatic ring is 1. The van der Waals surface area contributed by atoms with Crippen molar-refractivity contribution in [2.45, 2.75) is 13.3 Å². The average Bonchev–Trinajstić information content (AvgIpc) is 2.93. The lowest BCUT2D eigenvalue weighted by molar-refractivity contribution is 0.386. The summed E-state index contributed by atoms with van der Waals surface area (Å²) in [5.41, 5.74) is 9.73. The van der Waals surface area contributed by atoms with E-state index in [9.17, 15) is 0 Å². The molecule has 0 fully saturated rings. The molecule has 0 atom stereocenters. The van der Waals surface area contributed by atoms with Gasteiger partial charge in [-0.1, -0.05) is 51.4 Å². The van der Waals surface area contributed by atoms with Crippen LogP contribution < -0.4 is 5.73 Å². The number of aryl methyl sites for hydroxylation is 1. The first kappa shape index (κ1) is 13.8. The zero-order valence-corrected chi connectivity index (χ0v) is 13.1. The fourth-order valence-electron chi connectivity index (χ4n) is 2.03. The standard InChI is InChI=1S/C16H14BrN3O/c1-10-6-7-12(8-13(10)17)16-19-15(21-20-16)9-11-4-2-3-5-14(11)18/h2-8H,9,18H2,1H3. The molecule has 2 N–H and O–H groups in total. The lowest BCUT2D eigenvalue weighted by Gasteiger charge is -2.01. The summed E-state index contributed by atoms with van der Waals surface area (Å²) in [6, 6.07) is 13.7. The highest BCUT2D eigenvalue weighted by molar-refractivity contribution is 9.10. The van der Waals surface area contributed by atoms with Crippen LogP contribution in [0.4, 0.5) is 5.69 Å². The summed E-state index contributed by atoms with van der Waals surface area (Å²) >= 11 is 3.51. The summed E-state index contributed by atoms with van der Waals surface area (Å²) in [6.07, 6.45) is 0.534. The second kappa shape index (κ2) is 5.69. The Labute approximate surface area is 131 Å². The molecule has 0 bridgehead atoms. The second-order valence-corrected chi connectivity index (χ2v) is 5.71. The molecule has 3 rings (SSSR count). The van der Waals surface area contributed by atoms with E-state index in [0.717, 1.165) is 21.3 Å². The number of aromatic nitrogens is 2. The SMILES string of the molecule is Cc1ccc(-c2noc(Cc3ccccc3N)n2)cc1Br. The first-order valence-corrected chi connectivity index (χ1v) is 7.35. The van der Waals surface area contributed by atoms with Crippen LogP contribution in [0.25, 0.3) is 11.4 Å². The smallest absolute Gasteiger partial charge is 0.231 e. The topological polar surface area (TPSA) is 64.9 Å². The van der Waals surface area contributed by atoms with Crippen LogP contribution in [0.3, 0.4) is 0 Å². The van der Waals surface area contributed by atoms with E-state index >= 15 is 0 Å². The van der Waals surface area contributed by atoms with E-state index in [1.54, 1.807) is 0 Å². The lowest BCUT2D eigenvalue weighted by atomic mass is 10.1. The number of benzene rings is 2. The van der Waals surface area contributed by atoms with Gasteiger partial charge in [0.2, 0.25) is 11.7 Å². The van der Waals surface area contributed by atoms with Crippen molar-refractivity contribution in [2.24, 2.45) is 0 Å². The number of anilines is 1. The number of rotatable bonds is 3. The molecule has 0 saturated heterocycles. The van der Waals surface area contributed by atoms with Gasteiger partial charge in [0.1, 0.15) is 0 Å². The summed E-state index contributed by atoms with van der Waals surface area (Å²) < 4.78 is 6.34. The van der Waals surface area contributed by atoms with Gasteiger partial charge in [-0.05, 0) is 30.2 Å². The molecule has 1 aromatic heterocycles. The van der Waals surface area contributed by atoms with Crippen molar-refractivity contribution < 1.29 is 4.52 Å². The highest BCUT2D eigenvalue weighted by Crippen LogP contribution is 2.24. The monoisotopic (exact) mass is 343 g/mol. The quantitative estimate of drug-likeness (QED) is 0.730. The van der Waals surface area contributed by atoms with Gasteiger partial charge in [0.15, 0.2) is 0 Å². The molecule has 0 amide bonds. The molecule has 0 unspecified atom stereocenters. The third-order valence-corrected chi connectivity index (χ3v) is 4.15. The minimum Gasteiger partial charge on any atom is -0.398 e. The van der Waals surface area contributed by atoms with E-state index in [1.807, 2.05) is 49.4 Å². The third kappa shape index (κ3) is 2.97. The minimum atomic E-state index is 0.534. The van der Waals surface area contributed by atoms with Crippen LogP contribution in [0, 0.1) is 6.92 Å². The maximum Gasteiger partial charge on any atom is 0.231 e. The van der Waals surface area contributed by atoms with E-state index in [2.05, 4.69) is 26.1 Å². The number of halogens is 1. The number of nitrogens with zero attached hydrogens (tertiary/aromatic N) is 2. The Kier molecular flexibility index (Phi) is 3.75. The average molecular weight is 344 g/mol. The molecule has 2 aromatic carbocycles. The summed E-state index contributed by atoms with van der Waals surface area (Å²) in [5, 5.41) is 4.04. The van der Waals surface area contributed by atoms with Gasteiger partial charge in [0.05, 0.1) is 6.42 Å². The zero-order valence-electron chi connectivity index (χ0n) is 11.5. The van der Waals surface area contributed by atoms with Crippen LogP contribution in [-0.4, -0.2) is 10.1 Å². The second-order valence-electron chi connectivity index (χ2n) is 4.85. The van der Waals surface area contributed by atoms with Gasteiger partial charge >= 0.3 is 0 Å². The van der Waals surface area contributed by atoms with E-state index in [-0.39, 0.29) is 0 Å². The van der Waals surface area contributed by atoms with Crippen LogP contribution >= 0.6 is 15.9 Å². The number of nitrogens with two attached hydrogens (primary N) is 1. The minimum absolute atomic E-state index is 0.534. The van der Waals surface area contributed by atoms with Crippen molar-refractivity contribution in [1.82, 2.24) is 10.1 Å². The van der Waals surface area contributed by atoms with Crippen molar-refractivity contribution in [3.8, 4) is 11.4 Å². The first-order valence-electron chi connectivity index (χ1n) is 6.56. The fourth-order valence-corrected chi connectivity index (χ4v) is 2.41. The molecule has 0 aliphatic rings. The summed E-state index contributed by atoms with van der Waals surface area (Å²) in [4.78, 5) is 4.43. The van der Waals surface area contributed by atoms with E-state index in [0.29, 0.717) is 18.1 Å². The highest BCUT2D eigenvalue weighted by atomic mass is 79.9. The molecule has 3 aromatic rings. The van der Waals surface area contributed by atoms with Gasteiger partial charge in [-0.15, -0.1) is 0 Å². The van der Waals surface area contributed by atoms with Crippen LogP contribution in [0.1, 0.15) is 17.0 Å². The van der Waals surface area contributed by atoms with Crippen LogP contribution in [0.2, 0.25) is 0 Å². The van der Waals surface area contributed by atoms with E-state index in [1.165, 1.54) is 5.56 Å². The molecule has 4 nitrogen and oxygen atoms in total. The molecule has 21 heavy (non-hydrogen) atoms. The van der Waals surface area contributed by atoms with Crippen molar-refractivity contribution in [1.29, 1.82) is 0 Å². The Morgan fingerprint density at radius 2 is 2.00 bits per heavy atom. The molecule has 0 saturated carbocycles. The van der Waals surface area contributed by atoms with Crippen molar-refractivity contribution in [3.63, 3.8) is 0 Å². The Morgan fingerprint density at radius 3 is 2.76 bits per heavy atom. The van der Waals surface area contributed by atoms with Crippen LogP contribution in [-0.2, 0) is 6.42 Å². The van der Waals surface area contributed by atoms with E-state index in [4.69, 9.17) is 10.3 Å². The molecule has 106 valence electrons. The molecule has 1 heterocycles. The molecular weight excluding hydrogens is 330 g/mol. The van der Waals surface area contributed by atoms with Gasteiger partial charge in [-0.2, -0.15) is 4.98 Å². The van der Waals surface area contributed by atoms with Crippen LogP contribution in [0.15, 0.2) is 51.5 Å². The van der Waals surface area contributed by atoms with Crippen molar-refractivity contribution >= 4 is 21.6 Å². The number of hydrogen-bond donors (Lipinski definition) is 1. The Morgan fingerprint density at radius 1 is 1.19 bits per heavy atom. The van der Waals surface area contributed by atoms with Crippen molar-refractivity contribution in [2.75, 3.05) is 5.73 Å². The Bertz CT molecular complexity index is 783. The highest BCUT2D eigenvalue weighted by Gasteiger charge is 2.11. The molecule has 0 aliphatic heterocycles. The molecule has 0 aliphatic carbocycles. The number of para-hydroxylation sites is 1. The van der Waals surface area contributed by atoms with Crippen molar-refractivity contribution in [3.05, 3.63) is 64.0 Å². The van der Waals surface area contributed by atoms with Gasteiger partial charge < -0.3 is 10.3 Å².